The van der Waals surface area contributed by atoms with Crippen molar-refractivity contribution in [3.05, 3.63) is 46.8 Å². The maximum absolute atomic E-state index is 11.1. The van der Waals surface area contributed by atoms with Crippen LogP contribution >= 0.6 is 0 Å². The summed E-state index contributed by atoms with van der Waals surface area (Å²) in [6, 6.07) is 7.25. The molecule has 0 aliphatic rings. The highest BCUT2D eigenvalue weighted by molar-refractivity contribution is 5.98. The van der Waals surface area contributed by atoms with Crippen LogP contribution in [0.3, 0.4) is 0 Å². The van der Waals surface area contributed by atoms with Gasteiger partial charge in [0.05, 0.1) is 0 Å². The first kappa shape index (κ1) is 8.48. The Morgan fingerprint density at radius 3 is 2.50 bits per heavy atom. The molecule has 12 heavy (non-hydrogen) atoms. The molecule has 0 radical (unpaired) electrons. The van der Waals surface area contributed by atoms with Gasteiger partial charge in [-0.1, -0.05) is 29.8 Å². The average molecular weight is 159 g/mol. The summed E-state index contributed by atoms with van der Waals surface area (Å²) in [5.41, 5.74) is 1.74. The molecular formula is C10H9NO. The largest absolute Gasteiger partial charge is 0.308 e. The van der Waals surface area contributed by atoms with E-state index >= 15 is 0 Å². The summed E-state index contributed by atoms with van der Waals surface area (Å²) in [5.74, 6) is -0.106. The molecule has 0 unspecified atom stereocenters. The Bertz CT molecular complexity index is 319. The molecule has 2 nitrogen and oxygen atoms in total. The molecule has 0 saturated carbocycles. The molecule has 0 aromatic heterocycles. The predicted molar refractivity (Wildman–Crippen MR) is 47.0 cm³/mol. The van der Waals surface area contributed by atoms with Crippen LogP contribution in [0.4, 0.5) is 0 Å². The van der Waals surface area contributed by atoms with Gasteiger partial charge in [-0.05, 0) is 6.92 Å². The summed E-state index contributed by atoms with van der Waals surface area (Å²) in [5, 5.41) is 0. The molecule has 0 heterocycles. The number of Topliss-reactive ketones (excluding diaryl/α,β-unsaturated/α-hetero) is 1. The van der Waals surface area contributed by atoms with Crippen LogP contribution in [0, 0.1) is 13.5 Å². The van der Waals surface area contributed by atoms with Gasteiger partial charge in [0.2, 0.25) is 5.78 Å². The van der Waals surface area contributed by atoms with Crippen molar-refractivity contribution in [3.8, 4) is 0 Å². The fourth-order valence-corrected chi connectivity index (χ4v) is 0.903. The third-order valence-corrected chi connectivity index (χ3v) is 1.60. The van der Waals surface area contributed by atoms with Crippen molar-refractivity contribution in [2.45, 2.75) is 6.92 Å². The lowest BCUT2D eigenvalue weighted by Crippen LogP contribution is -2.01. The lowest BCUT2D eigenvalue weighted by Gasteiger charge is -1.94. The molecule has 0 bridgehead atoms. The minimum atomic E-state index is -0.106. The standard InChI is InChI=1S/C10H9NO/c1-8-3-5-9(6-4-8)10(12)7-11-2/h3-6H,7H2,1H3. The van der Waals surface area contributed by atoms with E-state index in [0.717, 1.165) is 5.56 Å². The van der Waals surface area contributed by atoms with Crippen LogP contribution in [-0.4, -0.2) is 12.3 Å². The molecule has 0 N–H and O–H groups in total. The molecule has 0 aliphatic carbocycles. The van der Waals surface area contributed by atoms with Gasteiger partial charge in [-0.3, -0.25) is 4.79 Å². The minimum Gasteiger partial charge on any atom is -0.308 e. The number of rotatable bonds is 2. The van der Waals surface area contributed by atoms with Crippen molar-refractivity contribution < 1.29 is 4.79 Å². The number of hydrogen-bond acceptors (Lipinski definition) is 1. The highest BCUT2D eigenvalue weighted by Crippen LogP contribution is 2.03. The molecule has 0 spiro atoms. The SMILES string of the molecule is [C-]#[N+]CC(=O)c1ccc(C)cc1. The van der Waals surface area contributed by atoms with Gasteiger partial charge in [-0.2, -0.15) is 0 Å². The van der Waals surface area contributed by atoms with Crippen LogP contribution in [-0.2, 0) is 0 Å². The number of benzene rings is 1. The number of carbonyl (C=O) groups excluding carboxylic acids is 1. The maximum atomic E-state index is 11.1. The summed E-state index contributed by atoms with van der Waals surface area (Å²) in [6.07, 6.45) is 0. The quantitative estimate of drug-likeness (QED) is 0.478. The Morgan fingerprint density at radius 2 is 2.00 bits per heavy atom. The van der Waals surface area contributed by atoms with E-state index in [9.17, 15) is 4.79 Å². The van der Waals surface area contributed by atoms with Crippen molar-refractivity contribution in [1.29, 1.82) is 0 Å². The summed E-state index contributed by atoms with van der Waals surface area (Å²) in [7, 11) is 0. The second-order valence-corrected chi connectivity index (χ2v) is 2.61. The molecule has 1 rings (SSSR count). The van der Waals surface area contributed by atoms with Crippen molar-refractivity contribution in [2.24, 2.45) is 0 Å². The van der Waals surface area contributed by atoms with Gasteiger partial charge in [-0.25, -0.2) is 6.57 Å². The van der Waals surface area contributed by atoms with Gasteiger partial charge >= 0.3 is 0 Å². The Hall–Kier alpha value is -1.62. The Kier molecular flexibility index (Phi) is 2.60. The highest BCUT2D eigenvalue weighted by atomic mass is 16.1. The van der Waals surface area contributed by atoms with Crippen LogP contribution in [0.5, 0.6) is 0 Å². The number of aryl methyl sites for hydroxylation is 1. The molecule has 0 aliphatic heterocycles. The molecule has 0 saturated heterocycles. The van der Waals surface area contributed by atoms with E-state index in [1.165, 1.54) is 0 Å². The minimum absolute atomic E-state index is 0.0525. The molecule has 1 aromatic rings. The second kappa shape index (κ2) is 3.68. The summed E-state index contributed by atoms with van der Waals surface area (Å²) in [4.78, 5) is 14.2. The normalized spacial score (nSPS) is 9.00. The molecule has 0 fully saturated rings. The van der Waals surface area contributed by atoms with Gasteiger partial charge in [0.1, 0.15) is 0 Å². The van der Waals surface area contributed by atoms with Gasteiger partial charge in [0.25, 0.3) is 6.54 Å². The Labute approximate surface area is 71.7 Å². The lowest BCUT2D eigenvalue weighted by molar-refractivity contribution is 0.101. The van der Waals surface area contributed by atoms with E-state index in [1.807, 2.05) is 19.1 Å². The Balaban J connectivity index is 2.84. The van der Waals surface area contributed by atoms with E-state index in [4.69, 9.17) is 6.57 Å². The molecule has 1 aromatic carbocycles. The predicted octanol–water partition coefficient (Wildman–Crippen LogP) is 2.10. The monoisotopic (exact) mass is 159 g/mol. The molecule has 0 amide bonds. The topological polar surface area (TPSA) is 21.4 Å². The Morgan fingerprint density at radius 1 is 1.42 bits per heavy atom. The van der Waals surface area contributed by atoms with Gasteiger partial charge in [-0.15, -0.1) is 0 Å². The third kappa shape index (κ3) is 1.93. The molecule has 0 atom stereocenters. The zero-order valence-corrected chi connectivity index (χ0v) is 6.87. The van der Waals surface area contributed by atoms with Crippen LogP contribution in [0.1, 0.15) is 15.9 Å². The first-order valence-electron chi connectivity index (χ1n) is 3.67. The maximum Gasteiger partial charge on any atom is 0.276 e. The molecular weight excluding hydrogens is 150 g/mol. The van der Waals surface area contributed by atoms with Gasteiger partial charge < -0.3 is 4.85 Å². The van der Waals surface area contributed by atoms with E-state index < -0.39 is 0 Å². The van der Waals surface area contributed by atoms with E-state index in [1.54, 1.807) is 12.1 Å². The number of ketones is 1. The van der Waals surface area contributed by atoms with Crippen LogP contribution < -0.4 is 0 Å². The van der Waals surface area contributed by atoms with Gasteiger partial charge in [0.15, 0.2) is 0 Å². The van der Waals surface area contributed by atoms with E-state index in [2.05, 4.69) is 4.85 Å². The van der Waals surface area contributed by atoms with Crippen LogP contribution in [0.25, 0.3) is 4.85 Å². The van der Waals surface area contributed by atoms with Crippen LogP contribution in [0.2, 0.25) is 0 Å². The van der Waals surface area contributed by atoms with Crippen LogP contribution in [0.15, 0.2) is 24.3 Å². The molecule has 2 heteroatoms. The number of carbonyl (C=O) groups is 1. The smallest absolute Gasteiger partial charge is 0.276 e. The summed E-state index contributed by atoms with van der Waals surface area (Å²) >= 11 is 0. The highest BCUT2D eigenvalue weighted by Gasteiger charge is 2.06. The van der Waals surface area contributed by atoms with Crippen molar-refractivity contribution in [1.82, 2.24) is 0 Å². The fourth-order valence-electron chi connectivity index (χ4n) is 0.903. The first-order chi connectivity index (χ1) is 5.74. The van der Waals surface area contributed by atoms with E-state index in [-0.39, 0.29) is 12.3 Å². The second-order valence-electron chi connectivity index (χ2n) is 2.61. The zero-order valence-electron chi connectivity index (χ0n) is 6.87. The number of nitrogens with zero attached hydrogens (tertiary/aromatic N) is 1. The first-order valence-corrected chi connectivity index (χ1v) is 3.67. The fraction of sp³-hybridized carbons (Fsp3) is 0.200. The summed E-state index contributed by atoms with van der Waals surface area (Å²) < 4.78 is 0. The lowest BCUT2D eigenvalue weighted by atomic mass is 10.1. The van der Waals surface area contributed by atoms with E-state index in [0.29, 0.717) is 5.56 Å². The van der Waals surface area contributed by atoms with Crippen molar-refractivity contribution in [3.63, 3.8) is 0 Å². The number of hydrogen-bond donors (Lipinski definition) is 0. The van der Waals surface area contributed by atoms with Gasteiger partial charge in [0, 0.05) is 5.56 Å². The van der Waals surface area contributed by atoms with Crippen molar-refractivity contribution in [2.75, 3.05) is 6.54 Å². The third-order valence-electron chi connectivity index (χ3n) is 1.60. The average Bonchev–Trinajstić information content (AvgIpc) is 2.06. The zero-order chi connectivity index (χ0) is 8.97. The molecule has 60 valence electrons. The summed E-state index contributed by atoms with van der Waals surface area (Å²) in [6.45, 7) is 8.44. The van der Waals surface area contributed by atoms with Crippen molar-refractivity contribution >= 4 is 5.78 Å².